The molecule has 0 saturated carbocycles. The van der Waals surface area contributed by atoms with E-state index in [1.807, 2.05) is 36.4 Å². The minimum atomic E-state index is -0.545. The normalized spacial score (nSPS) is 10.2. The summed E-state index contributed by atoms with van der Waals surface area (Å²) in [7, 11) is 0. The molecule has 3 aromatic rings. The first-order valence-electron chi connectivity index (χ1n) is 8.40. The lowest BCUT2D eigenvalue weighted by Gasteiger charge is -2.08. The summed E-state index contributed by atoms with van der Waals surface area (Å²) in [5.74, 6) is -0.493. The Labute approximate surface area is 157 Å². The molecule has 0 aliphatic carbocycles. The zero-order valence-corrected chi connectivity index (χ0v) is 14.6. The quantitative estimate of drug-likeness (QED) is 0.702. The van der Waals surface area contributed by atoms with Gasteiger partial charge in [0.2, 0.25) is 5.91 Å². The number of hydrogen-bond donors (Lipinski definition) is 2. The molecule has 3 rings (SSSR count). The smallest absolute Gasteiger partial charge is 0.411 e. The third kappa shape index (κ3) is 5.40. The summed E-state index contributed by atoms with van der Waals surface area (Å²) < 4.78 is 5.19. The van der Waals surface area contributed by atoms with Gasteiger partial charge in [0.15, 0.2) is 0 Å². The van der Waals surface area contributed by atoms with Crippen molar-refractivity contribution in [3.05, 3.63) is 95.3 Å². The van der Waals surface area contributed by atoms with Gasteiger partial charge in [0.05, 0.1) is 0 Å². The number of nitrogens with one attached hydrogen (secondary N) is 1. The van der Waals surface area contributed by atoms with Gasteiger partial charge in [-0.05, 0) is 59.5 Å². The lowest BCUT2D eigenvalue weighted by molar-refractivity contribution is 0.1000. The number of pyridine rings is 1. The highest BCUT2D eigenvalue weighted by molar-refractivity contribution is 5.92. The average molecular weight is 361 g/mol. The Balaban J connectivity index is 1.49. The zero-order valence-electron chi connectivity index (χ0n) is 14.6. The number of primary amides is 1. The molecule has 0 saturated heterocycles. The van der Waals surface area contributed by atoms with Crippen LogP contribution in [0.3, 0.4) is 0 Å². The van der Waals surface area contributed by atoms with E-state index in [1.54, 1.807) is 36.7 Å². The van der Waals surface area contributed by atoms with Crippen molar-refractivity contribution in [3.63, 3.8) is 0 Å². The molecule has 136 valence electrons. The second-order valence-electron chi connectivity index (χ2n) is 5.99. The highest BCUT2D eigenvalue weighted by atomic mass is 16.5. The molecule has 0 atom stereocenters. The molecule has 0 bridgehead atoms. The van der Waals surface area contributed by atoms with Crippen LogP contribution in [-0.4, -0.2) is 17.0 Å². The van der Waals surface area contributed by atoms with Crippen molar-refractivity contribution >= 4 is 17.7 Å². The van der Waals surface area contributed by atoms with Crippen LogP contribution in [0, 0.1) is 0 Å². The van der Waals surface area contributed by atoms with E-state index in [0.717, 1.165) is 17.5 Å². The lowest BCUT2D eigenvalue weighted by atomic mass is 10.1. The van der Waals surface area contributed by atoms with Gasteiger partial charge in [-0.2, -0.15) is 0 Å². The topological polar surface area (TPSA) is 94.3 Å². The van der Waals surface area contributed by atoms with Gasteiger partial charge in [0.1, 0.15) is 6.61 Å². The number of aromatic nitrogens is 1. The van der Waals surface area contributed by atoms with Gasteiger partial charge in [-0.15, -0.1) is 0 Å². The molecular weight excluding hydrogens is 342 g/mol. The van der Waals surface area contributed by atoms with E-state index >= 15 is 0 Å². The summed E-state index contributed by atoms with van der Waals surface area (Å²) in [6, 6.07) is 18.1. The van der Waals surface area contributed by atoms with Crippen molar-refractivity contribution in [2.75, 3.05) is 5.32 Å². The van der Waals surface area contributed by atoms with Gasteiger partial charge in [0, 0.05) is 23.6 Å². The van der Waals surface area contributed by atoms with Gasteiger partial charge in [-0.1, -0.05) is 24.3 Å². The second-order valence-corrected chi connectivity index (χ2v) is 5.99. The highest BCUT2D eigenvalue weighted by Gasteiger charge is 2.05. The third-order valence-corrected chi connectivity index (χ3v) is 3.97. The van der Waals surface area contributed by atoms with E-state index in [0.29, 0.717) is 11.3 Å². The fraction of sp³-hybridized carbons (Fsp3) is 0.0952. The fourth-order valence-corrected chi connectivity index (χ4v) is 2.51. The first-order chi connectivity index (χ1) is 13.1. The number of carbonyl (C=O) groups excluding carboxylic acids is 2. The van der Waals surface area contributed by atoms with Crippen LogP contribution < -0.4 is 11.1 Å². The molecule has 0 unspecified atom stereocenters. The van der Waals surface area contributed by atoms with Gasteiger partial charge in [-0.3, -0.25) is 15.1 Å². The summed E-state index contributed by atoms with van der Waals surface area (Å²) in [4.78, 5) is 27.0. The van der Waals surface area contributed by atoms with Crippen molar-refractivity contribution in [1.29, 1.82) is 0 Å². The van der Waals surface area contributed by atoms with E-state index in [9.17, 15) is 9.59 Å². The van der Waals surface area contributed by atoms with E-state index in [-0.39, 0.29) is 6.61 Å². The molecule has 27 heavy (non-hydrogen) atoms. The SMILES string of the molecule is NC(=O)c1ccc(COC(=O)Nc2ccc(Cc3ccncc3)cc2)cc1. The Morgan fingerprint density at radius 1 is 0.852 bits per heavy atom. The minimum absolute atomic E-state index is 0.102. The largest absolute Gasteiger partial charge is 0.444 e. The summed E-state index contributed by atoms with van der Waals surface area (Å²) in [5, 5.41) is 2.69. The number of nitrogens with two attached hydrogens (primary N) is 1. The predicted molar refractivity (Wildman–Crippen MR) is 102 cm³/mol. The van der Waals surface area contributed by atoms with Crippen molar-refractivity contribution in [2.45, 2.75) is 13.0 Å². The van der Waals surface area contributed by atoms with Crippen LogP contribution in [0.2, 0.25) is 0 Å². The van der Waals surface area contributed by atoms with Crippen molar-refractivity contribution < 1.29 is 14.3 Å². The van der Waals surface area contributed by atoms with Crippen molar-refractivity contribution in [3.8, 4) is 0 Å². The van der Waals surface area contributed by atoms with Crippen LogP contribution in [-0.2, 0) is 17.8 Å². The van der Waals surface area contributed by atoms with Crippen LogP contribution in [0.1, 0.15) is 27.0 Å². The maximum Gasteiger partial charge on any atom is 0.411 e. The van der Waals surface area contributed by atoms with Gasteiger partial charge in [0.25, 0.3) is 0 Å². The molecule has 0 aliphatic rings. The Morgan fingerprint density at radius 3 is 2.07 bits per heavy atom. The Bertz CT molecular complexity index is 908. The molecule has 1 heterocycles. The van der Waals surface area contributed by atoms with E-state index in [1.165, 1.54) is 5.56 Å². The number of anilines is 1. The molecular formula is C21H19N3O3. The number of nitrogens with zero attached hydrogens (tertiary/aromatic N) is 1. The van der Waals surface area contributed by atoms with Crippen LogP contribution in [0.5, 0.6) is 0 Å². The molecule has 0 radical (unpaired) electrons. The highest BCUT2D eigenvalue weighted by Crippen LogP contribution is 2.14. The molecule has 3 N–H and O–H groups in total. The Hall–Kier alpha value is -3.67. The maximum absolute atomic E-state index is 11.9. The average Bonchev–Trinajstić information content (AvgIpc) is 2.69. The van der Waals surface area contributed by atoms with E-state index < -0.39 is 12.0 Å². The van der Waals surface area contributed by atoms with Crippen LogP contribution >= 0.6 is 0 Å². The van der Waals surface area contributed by atoms with Crippen LogP contribution in [0.4, 0.5) is 10.5 Å². The van der Waals surface area contributed by atoms with E-state index in [2.05, 4.69) is 10.3 Å². The first kappa shape index (κ1) is 18.1. The number of carbonyl (C=O) groups is 2. The molecule has 2 aromatic carbocycles. The fourth-order valence-electron chi connectivity index (χ4n) is 2.51. The van der Waals surface area contributed by atoms with Crippen LogP contribution in [0.15, 0.2) is 73.1 Å². The molecule has 6 heteroatoms. The number of benzene rings is 2. The van der Waals surface area contributed by atoms with Gasteiger partial charge < -0.3 is 10.5 Å². The summed E-state index contributed by atoms with van der Waals surface area (Å²) in [5.41, 5.74) is 9.33. The Kier molecular flexibility index (Phi) is 5.79. The third-order valence-electron chi connectivity index (χ3n) is 3.97. The standard InChI is InChI=1S/C21H19N3O3/c22-20(25)18-5-1-17(2-6-18)14-27-21(26)24-19-7-3-15(4-8-19)13-16-9-11-23-12-10-16/h1-12H,13-14H2,(H2,22,25)(H,24,26). The number of amides is 2. The number of hydrogen-bond acceptors (Lipinski definition) is 4. The van der Waals surface area contributed by atoms with Crippen molar-refractivity contribution in [2.24, 2.45) is 5.73 Å². The predicted octanol–water partition coefficient (Wildman–Crippen LogP) is 3.52. The summed E-state index contributed by atoms with van der Waals surface area (Å²) in [6.45, 7) is 0.102. The minimum Gasteiger partial charge on any atom is -0.444 e. The van der Waals surface area contributed by atoms with E-state index in [4.69, 9.17) is 10.5 Å². The number of rotatable bonds is 6. The van der Waals surface area contributed by atoms with Gasteiger partial charge in [-0.25, -0.2) is 4.79 Å². The Morgan fingerprint density at radius 2 is 1.44 bits per heavy atom. The molecule has 2 amide bonds. The monoisotopic (exact) mass is 361 g/mol. The van der Waals surface area contributed by atoms with Crippen LogP contribution in [0.25, 0.3) is 0 Å². The zero-order chi connectivity index (χ0) is 19.1. The summed E-state index contributed by atoms with van der Waals surface area (Å²) in [6.07, 6.45) is 3.79. The molecule has 6 nitrogen and oxygen atoms in total. The number of ether oxygens (including phenoxy) is 1. The summed E-state index contributed by atoms with van der Waals surface area (Å²) >= 11 is 0. The molecule has 0 aliphatic heterocycles. The van der Waals surface area contributed by atoms with Crippen molar-refractivity contribution in [1.82, 2.24) is 4.98 Å². The second kappa shape index (κ2) is 8.62. The first-order valence-corrected chi connectivity index (χ1v) is 8.40. The maximum atomic E-state index is 11.9. The molecule has 0 spiro atoms. The lowest BCUT2D eigenvalue weighted by Crippen LogP contribution is -2.14. The van der Waals surface area contributed by atoms with Gasteiger partial charge >= 0.3 is 6.09 Å². The molecule has 1 aromatic heterocycles. The molecule has 0 fully saturated rings.